The van der Waals surface area contributed by atoms with E-state index in [9.17, 15) is 0 Å². The van der Waals surface area contributed by atoms with Crippen molar-refractivity contribution in [3.8, 4) is 44.5 Å². The van der Waals surface area contributed by atoms with E-state index in [1.165, 1.54) is 87.6 Å². The standard InChI is InChI=1S/C46H30/c1-2-10-35(11-3-1)45-30-42-28-39(34-16-14-33(15-17-34)38-20-18-31-8-4-6-12-36(31)26-38)22-24-43(42)44-25-23-41(29-46(44)45)40-21-19-32-9-5-7-13-37(32)27-40/h1-30H. The first-order valence-corrected chi connectivity index (χ1v) is 15.9. The molecule has 0 aromatic heterocycles. The largest absolute Gasteiger partial charge is 0.0622 e. The molecule has 0 heterocycles. The van der Waals surface area contributed by atoms with E-state index < -0.39 is 0 Å². The van der Waals surface area contributed by atoms with Crippen LogP contribution in [0.2, 0.25) is 0 Å². The molecular weight excluding hydrogens is 553 g/mol. The van der Waals surface area contributed by atoms with Crippen molar-refractivity contribution in [3.63, 3.8) is 0 Å². The van der Waals surface area contributed by atoms with Crippen molar-refractivity contribution in [2.45, 2.75) is 0 Å². The second kappa shape index (κ2) is 10.9. The molecule has 9 aromatic carbocycles. The summed E-state index contributed by atoms with van der Waals surface area (Å²) in [4.78, 5) is 0. The Bertz CT molecular complexity index is 2560. The third kappa shape index (κ3) is 4.64. The van der Waals surface area contributed by atoms with Crippen molar-refractivity contribution in [2.24, 2.45) is 0 Å². The van der Waals surface area contributed by atoms with E-state index >= 15 is 0 Å². The van der Waals surface area contributed by atoms with Gasteiger partial charge in [0.1, 0.15) is 0 Å². The number of rotatable bonds is 4. The Morgan fingerprint density at radius 2 is 0.630 bits per heavy atom. The molecule has 0 aliphatic heterocycles. The Balaban J connectivity index is 1.15. The summed E-state index contributed by atoms with van der Waals surface area (Å²) >= 11 is 0. The van der Waals surface area contributed by atoms with Crippen LogP contribution in [-0.4, -0.2) is 0 Å². The first-order valence-electron chi connectivity index (χ1n) is 15.9. The summed E-state index contributed by atoms with van der Waals surface area (Å²) in [6, 6.07) is 66.6. The van der Waals surface area contributed by atoms with Gasteiger partial charge in [-0.2, -0.15) is 0 Å². The van der Waals surface area contributed by atoms with Gasteiger partial charge in [-0.15, -0.1) is 0 Å². The SMILES string of the molecule is c1ccc(-c2cc3cc(-c4ccc(-c5ccc6ccccc6c5)cc4)ccc3c3ccc(-c4ccc5ccccc5c4)cc23)cc1. The van der Waals surface area contributed by atoms with Gasteiger partial charge in [-0.1, -0.05) is 152 Å². The van der Waals surface area contributed by atoms with Crippen molar-refractivity contribution in [3.05, 3.63) is 182 Å². The van der Waals surface area contributed by atoms with Crippen LogP contribution < -0.4 is 0 Å². The number of hydrogen-bond donors (Lipinski definition) is 0. The van der Waals surface area contributed by atoms with Gasteiger partial charge < -0.3 is 0 Å². The zero-order valence-corrected chi connectivity index (χ0v) is 25.3. The number of benzene rings is 9. The normalized spacial score (nSPS) is 11.5. The minimum Gasteiger partial charge on any atom is -0.0622 e. The lowest BCUT2D eigenvalue weighted by Crippen LogP contribution is -1.88. The number of hydrogen-bond acceptors (Lipinski definition) is 0. The molecule has 0 amide bonds. The summed E-state index contributed by atoms with van der Waals surface area (Å²) in [6.45, 7) is 0. The molecular formula is C46H30. The van der Waals surface area contributed by atoms with Crippen molar-refractivity contribution < 1.29 is 0 Å². The topological polar surface area (TPSA) is 0 Å². The van der Waals surface area contributed by atoms with E-state index in [-0.39, 0.29) is 0 Å². The summed E-state index contributed by atoms with van der Waals surface area (Å²) < 4.78 is 0. The van der Waals surface area contributed by atoms with E-state index in [1.54, 1.807) is 0 Å². The summed E-state index contributed by atoms with van der Waals surface area (Å²) in [5.74, 6) is 0. The van der Waals surface area contributed by atoms with Gasteiger partial charge in [-0.05, 0) is 118 Å². The van der Waals surface area contributed by atoms with Crippen LogP contribution in [-0.2, 0) is 0 Å². The molecule has 0 N–H and O–H groups in total. The van der Waals surface area contributed by atoms with E-state index in [0.717, 1.165) is 0 Å². The van der Waals surface area contributed by atoms with Crippen molar-refractivity contribution in [1.82, 2.24) is 0 Å². The molecule has 0 aliphatic carbocycles. The lowest BCUT2D eigenvalue weighted by molar-refractivity contribution is 1.61. The van der Waals surface area contributed by atoms with Crippen LogP contribution in [0, 0.1) is 0 Å². The van der Waals surface area contributed by atoms with E-state index in [1.807, 2.05) is 0 Å². The molecule has 0 nitrogen and oxygen atoms in total. The molecule has 0 saturated carbocycles. The Morgan fingerprint density at radius 1 is 0.196 bits per heavy atom. The molecule has 214 valence electrons. The molecule has 0 spiro atoms. The maximum Gasteiger partial charge on any atom is -0.00928 e. The molecule has 0 saturated heterocycles. The Hall–Kier alpha value is -5.98. The molecule has 0 heteroatoms. The van der Waals surface area contributed by atoms with E-state index in [2.05, 4.69) is 182 Å². The predicted molar refractivity (Wildman–Crippen MR) is 198 cm³/mol. The van der Waals surface area contributed by atoms with Crippen LogP contribution >= 0.6 is 0 Å². The maximum atomic E-state index is 2.38. The average molecular weight is 583 g/mol. The van der Waals surface area contributed by atoms with Crippen molar-refractivity contribution in [2.75, 3.05) is 0 Å². The van der Waals surface area contributed by atoms with E-state index in [0.29, 0.717) is 0 Å². The van der Waals surface area contributed by atoms with Gasteiger partial charge >= 0.3 is 0 Å². The predicted octanol–water partition coefficient (Wildman–Crippen LogP) is 13.0. The third-order valence-electron chi connectivity index (χ3n) is 9.42. The lowest BCUT2D eigenvalue weighted by Gasteiger charge is -2.14. The van der Waals surface area contributed by atoms with Gasteiger partial charge in [0, 0.05) is 0 Å². The van der Waals surface area contributed by atoms with Crippen LogP contribution in [0.5, 0.6) is 0 Å². The highest BCUT2D eigenvalue weighted by Crippen LogP contribution is 2.39. The summed E-state index contributed by atoms with van der Waals surface area (Å²) in [5, 5.41) is 10.1. The fourth-order valence-electron chi connectivity index (χ4n) is 6.97. The second-order valence-corrected chi connectivity index (χ2v) is 12.2. The molecule has 9 rings (SSSR count). The fraction of sp³-hybridized carbons (Fsp3) is 0. The van der Waals surface area contributed by atoms with Crippen molar-refractivity contribution >= 4 is 43.1 Å². The molecule has 0 bridgehead atoms. The Labute approximate surface area is 268 Å². The summed E-state index contributed by atoms with van der Waals surface area (Å²) in [7, 11) is 0. The highest BCUT2D eigenvalue weighted by Gasteiger charge is 2.12. The van der Waals surface area contributed by atoms with Crippen molar-refractivity contribution in [1.29, 1.82) is 0 Å². The molecule has 9 aromatic rings. The maximum absolute atomic E-state index is 2.38. The smallest absolute Gasteiger partial charge is 0.00928 e. The highest BCUT2D eigenvalue weighted by atomic mass is 14.2. The molecule has 0 fully saturated rings. The van der Waals surface area contributed by atoms with Crippen LogP contribution in [0.1, 0.15) is 0 Å². The Kier molecular flexibility index (Phi) is 6.25. The second-order valence-electron chi connectivity index (χ2n) is 12.2. The van der Waals surface area contributed by atoms with Gasteiger partial charge in [-0.25, -0.2) is 0 Å². The highest BCUT2D eigenvalue weighted by molar-refractivity contribution is 6.15. The monoisotopic (exact) mass is 582 g/mol. The summed E-state index contributed by atoms with van der Waals surface area (Å²) in [6.07, 6.45) is 0. The zero-order chi connectivity index (χ0) is 30.5. The molecule has 0 atom stereocenters. The first kappa shape index (κ1) is 26.4. The molecule has 0 radical (unpaired) electrons. The van der Waals surface area contributed by atoms with Crippen LogP contribution in [0.3, 0.4) is 0 Å². The van der Waals surface area contributed by atoms with E-state index in [4.69, 9.17) is 0 Å². The van der Waals surface area contributed by atoms with Gasteiger partial charge in [0.15, 0.2) is 0 Å². The zero-order valence-electron chi connectivity index (χ0n) is 25.3. The van der Waals surface area contributed by atoms with Gasteiger partial charge in [-0.3, -0.25) is 0 Å². The van der Waals surface area contributed by atoms with Crippen LogP contribution in [0.4, 0.5) is 0 Å². The minimum atomic E-state index is 1.22. The van der Waals surface area contributed by atoms with Crippen LogP contribution in [0.15, 0.2) is 182 Å². The average Bonchev–Trinajstić information content (AvgIpc) is 3.14. The van der Waals surface area contributed by atoms with Gasteiger partial charge in [0.2, 0.25) is 0 Å². The first-order chi connectivity index (χ1) is 22.8. The summed E-state index contributed by atoms with van der Waals surface area (Å²) in [5.41, 5.74) is 9.88. The van der Waals surface area contributed by atoms with Gasteiger partial charge in [0.25, 0.3) is 0 Å². The lowest BCUT2D eigenvalue weighted by atomic mass is 9.89. The fourth-order valence-corrected chi connectivity index (χ4v) is 6.97. The molecule has 0 unspecified atom stereocenters. The van der Waals surface area contributed by atoms with Crippen LogP contribution in [0.25, 0.3) is 87.6 Å². The quantitative estimate of drug-likeness (QED) is 0.181. The Morgan fingerprint density at radius 3 is 1.24 bits per heavy atom. The molecule has 0 aliphatic rings. The minimum absolute atomic E-state index is 1.22. The number of fused-ring (bicyclic) bond motifs is 5. The molecule has 46 heavy (non-hydrogen) atoms. The third-order valence-corrected chi connectivity index (χ3v) is 9.42. The van der Waals surface area contributed by atoms with Gasteiger partial charge in [0.05, 0.1) is 0 Å².